The second-order valence-electron chi connectivity index (χ2n) is 4.56. The largest absolute Gasteiger partial charge is 0.481 e. The fraction of sp³-hybridized carbons (Fsp3) is 0.214. The number of aliphatic carboxylic acids is 1. The SMILES string of the molecule is Cc1[nH]ncc1CNC(=O)Nc1ccccc1CC(=O)O. The highest BCUT2D eigenvalue weighted by Crippen LogP contribution is 2.15. The molecule has 0 fully saturated rings. The van der Waals surface area contributed by atoms with E-state index in [1.54, 1.807) is 30.5 Å². The Bertz CT molecular complexity index is 651. The number of hydrogen-bond acceptors (Lipinski definition) is 3. The maximum atomic E-state index is 11.9. The Kier molecular flexibility index (Phi) is 4.55. The van der Waals surface area contributed by atoms with Gasteiger partial charge in [-0.3, -0.25) is 9.89 Å². The van der Waals surface area contributed by atoms with E-state index in [0.717, 1.165) is 11.3 Å². The number of nitrogens with one attached hydrogen (secondary N) is 3. The van der Waals surface area contributed by atoms with Gasteiger partial charge in [0.1, 0.15) is 0 Å². The molecule has 0 unspecified atom stereocenters. The second-order valence-corrected chi connectivity index (χ2v) is 4.56. The lowest BCUT2D eigenvalue weighted by Crippen LogP contribution is -2.28. The number of carbonyl (C=O) groups excluding carboxylic acids is 1. The van der Waals surface area contributed by atoms with Gasteiger partial charge < -0.3 is 15.7 Å². The van der Waals surface area contributed by atoms with Gasteiger partial charge in [-0.2, -0.15) is 5.10 Å². The number of carboxylic acid groups (broad SMARTS) is 1. The van der Waals surface area contributed by atoms with Crippen LogP contribution >= 0.6 is 0 Å². The number of amides is 2. The molecule has 2 aromatic rings. The number of H-pyrrole nitrogens is 1. The zero-order valence-corrected chi connectivity index (χ0v) is 11.5. The molecule has 110 valence electrons. The van der Waals surface area contributed by atoms with Gasteiger partial charge in [-0.25, -0.2) is 4.79 Å². The number of urea groups is 1. The molecule has 1 aromatic carbocycles. The maximum Gasteiger partial charge on any atom is 0.319 e. The van der Waals surface area contributed by atoms with Crippen molar-refractivity contribution in [2.45, 2.75) is 19.9 Å². The van der Waals surface area contributed by atoms with Crippen molar-refractivity contribution in [2.24, 2.45) is 0 Å². The molecule has 0 saturated carbocycles. The van der Waals surface area contributed by atoms with E-state index in [1.165, 1.54) is 0 Å². The first-order chi connectivity index (χ1) is 10.1. The first-order valence-electron chi connectivity index (χ1n) is 6.39. The van der Waals surface area contributed by atoms with E-state index < -0.39 is 12.0 Å². The first-order valence-corrected chi connectivity index (χ1v) is 6.39. The van der Waals surface area contributed by atoms with E-state index in [9.17, 15) is 9.59 Å². The van der Waals surface area contributed by atoms with E-state index in [0.29, 0.717) is 17.8 Å². The Morgan fingerprint density at radius 2 is 2.05 bits per heavy atom. The van der Waals surface area contributed by atoms with Crippen molar-refractivity contribution in [3.63, 3.8) is 0 Å². The van der Waals surface area contributed by atoms with Gasteiger partial charge in [0.2, 0.25) is 0 Å². The van der Waals surface area contributed by atoms with Crippen molar-refractivity contribution in [3.8, 4) is 0 Å². The van der Waals surface area contributed by atoms with Gasteiger partial charge >= 0.3 is 12.0 Å². The van der Waals surface area contributed by atoms with E-state index >= 15 is 0 Å². The molecule has 0 saturated heterocycles. The first kappa shape index (κ1) is 14.6. The Balaban J connectivity index is 1.96. The Hall–Kier alpha value is -2.83. The third kappa shape index (κ3) is 4.07. The molecule has 0 aliphatic heterocycles. The summed E-state index contributed by atoms with van der Waals surface area (Å²) in [7, 11) is 0. The third-order valence-corrected chi connectivity index (χ3v) is 2.98. The lowest BCUT2D eigenvalue weighted by molar-refractivity contribution is -0.136. The minimum atomic E-state index is -0.946. The molecule has 0 aliphatic rings. The number of aromatic amines is 1. The number of carboxylic acids is 1. The Morgan fingerprint density at radius 3 is 2.71 bits per heavy atom. The Morgan fingerprint density at radius 1 is 1.29 bits per heavy atom. The van der Waals surface area contributed by atoms with Gasteiger partial charge in [-0.1, -0.05) is 18.2 Å². The van der Waals surface area contributed by atoms with Gasteiger partial charge in [0.15, 0.2) is 0 Å². The summed E-state index contributed by atoms with van der Waals surface area (Å²) in [5.74, 6) is -0.946. The quantitative estimate of drug-likeness (QED) is 0.671. The van der Waals surface area contributed by atoms with E-state index in [2.05, 4.69) is 20.8 Å². The summed E-state index contributed by atoms with van der Waals surface area (Å²) in [5, 5.41) is 20.9. The highest BCUT2D eigenvalue weighted by molar-refractivity contribution is 5.90. The van der Waals surface area contributed by atoms with Crippen LogP contribution in [0.4, 0.5) is 10.5 Å². The summed E-state index contributed by atoms with van der Waals surface area (Å²) in [6, 6.07) is 6.41. The highest BCUT2D eigenvalue weighted by atomic mass is 16.4. The normalized spacial score (nSPS) is 10.1. The lowest BCUT2D eigenvalue weighted by Gasteiger charge is -2.10. The van der Waals surface area contributed by atoms with Crippen LogP contribution in [-0.4, -0.2) is 27.3 Å². The van der Waals surface area contributed by atoms with Crippen LogP contribution in [0, 0.1) is 6.92 Å². The minimum Gasteiger partial charge on any atom is -0.481 e. The molecule has 21 heavy (non-hydrogen) atoms. The van der Waals surface area contributed by atoms with E-state index in [4.69, 9.17) is 5.11 Å². The van der Waals surface area contributed by atoms with Crippen LogP contribution in [-0.2, 0) is 17.8 Å². The van der Waals surface area contributed by atoms with Crippen LogP contribution in [0.3, 0.4) is 0 Å². The number of aryl methyl sites for hydroxylation is 1. The van der Waals surface area contributed by atoms with Crippen molar-refractivity contribution in [1.29, 1.82) is 0 Å². The zero-order chi connectivity index (χ0) is 15.2. The van der Waals surface area contributed by atoms with Crippen molar-refractivity contribution in [3.05, 3.63) is 47.3 Å². The number of benzene rings is 1. The molecule has 7 heteroatoms. The van der Waals surface area contributed by atoms with Gasteiger partial charge in [0.05, 0.1) is 12.6 Å². The molecule has 0 atom stereocenters. The molecule has 2 amide bonds. The number of carbonyl (C=O) groups is 2. The van der Waals surface area contributed by atoms with Crippen LogP contribution in [0.5, 0.6) is 0 Å². The van der Waals surface area contributed by atoms with Gasteiger partial charge in [-0.15, -0.1) is 0 Å². The predicted octanol–water partition coefficient (Wildman–Crippen LogP) is 1.67. The van der Waals surface area contributed by atoms with Crippen LogP contribution < -0.4 is 10.6 Å². The van der Waals surface area contributed by atoms with Crippen LogP contribution in [0.2, 0.25) is 0 Å². The third-order valence-electron chi connectivity index (χ3n) is 2.98. The van der Waals surface area contributed by atoms with Gasteiger partial charge in [-0.05, 0) is 18.6 Å². The topological polar surface area (TPSA) is 107 Å². The van der Waals surface area contributed by atoms with Crippen molar-refractivity contribution < 1.29 is 14.7 Å². The summed E-state index contributed by atoms with van der Waals surface area (Å²) >= 11 is 0. The molecule has 2 rings (SSSR count). The van der Waals surface area contributed by atoms with E-state index in [-0.39, 0.29) is 6.42 Å². The number of para-hydroxylation sites is 1. The lowest BCUT2D eigenvalue weighted by atomic mass is 10.1. The predicted molar refractivity (Wildman–Crippen MR) is 77.0 cm³/mol. The summed E-state index contributed by atoms with van der Waals surface area (Å²) in [6.07, 6.45) is 1.51. The molecule has 0 spiro atoms. The molecule has 1 aromatic heterocycles. The number of hydrogen-bond donors (Lipinski definition) is 4. The summed E-state index contributed by atoms with van der Waals surface area (Å²) in [5.41, 5.74) is 2.83. The summed E-state index contributed by atoms with van der Waals surface area (Å²) in [4.78, 5) is 22.6. The van der Waals surface area contributed by atoms with Crippen LogP contribution in [0.1, 0.15) is 16.8 Å². The standard InChI is InChI=1S/C14H16N4O3/c1-9-11(8-16-18-9)7-15-14(21)17-12-5-3-2-4-10(12)6-13(19)20/h2-5,8H,6-7H2,1H3,(H,16,18)(H,19,20)(H2,15,17,21). The zero-order valence-electron chi connectivity index (χ0n) is 11.5. The second kappa shape index (κ2) is 6.56. The fourth-order valence-corrected chi connectivity index (χ4v) is 1.86. The van der Waals surface area contributed by atoms with Gasteiger partial charge in [0, 0.05) is 23.5 Å². The molecular weight excluding hydrogens is 272 g/mol. The smallest absolute Gasteiger partial charge is 0.319 e. The minimum absolute atomic E-state index is 0.142. The van der Waals surface area contributed by atoms with E-state index in [1.807, 2.05) is 6.92 Å². The fourth-order valence-electron chi connectivity index (χ4n) is 1.86. The maximum absolute atomic E-state index is 11.9. The molecule has 1 heterocycles. The molecular formula is C14H16N4O3. The van der Waals surface area contributed by atoms with Crippen molar-refractivity contribution in [1.82, 2.24) is 15.5 Å². The molecule has 0 radical (unpaired) electrons. The van der Waals surface area contributed by atoms with Gasteiger partial charge in [0.25, 0.3) is 0 Å². The number of anilines is 1. The number of nitrogens with zero attached hydrogens (tertiary/aromatic N) is 1. The number of rotatable bonds is 5. The van der Waals surface area contributed by atoms with Crippen LogP contribution in [0.15, 0.2) is 30.5 Å². The van der Waals surface area contributed by atoms with Crippen molar-refractivity contribution in [2.75, 3.05) is 5.32 Å². The summed E-state index contributed by atoms with van der Waals surface area (Å²) < 4.78 is 0. The average Bonchev–Trinajstić information content (AvgIpc) is 2.84. The average molecular weight is 288 g/mol. The van der Waals surface area contributed by atoms with Crippen LogP contribution in [0.25, 0.3) is 0 Å². The molecule has 0 aliphatic carbocycles. The number of aromatic nitrogens is 2. The molecule has 4 N–H and O–H groups in total. The highest BCUT2D eigenvalue weighted by Gasteiger charge is 2.09. The monoisotopic (exact) mass is 288 g/mol. The molecule has 0 bridgehead atoms. The molecule has 7 nitrogen and oxygen atoms in total. The summed E-state index contributed by atoms with van der Waals surface area (Å²) in [6.45, 7) is 2.21. The Labute approximate surface area is 121 Å². The van der Waals surface area contributed by atoms with Crippen molar-refractivity contribution >= 4 is 17.7 Å².